The molecular formula is C20H22FNO2. The average molecular weight is 327 g/mol. The number of Topliss-reactive ketones (excluding diaryl/α,β-unsaturated/α-hetero) is 1. The number of amides is 1. The zero-order valence-corrected chi connectivity index (χ0v) is 14.1. The van der Waals surface area contributed by atoms with Gasteiger partial charge in [-0.2, -0.15) is 0 Å². The van der Waals surface area contributed by atoms with Crippen molar-refractivity contribution in [2.45, 2.75) is 33.1 Å². The SMILES string of the molecule is CCN(C(=O)CCCC(=O)c1ccc(F)cc1)c1cccc(C)c1. The largest absolute Gasteiger partial charge is 0.313 e. The molecule has 0 fully saturated rings. The number of hydrogen-bond donors (Lipinski definition) is 0. The third kappa shape index (κ3) is 4.75. The maximum Gasteiger partial charge on any atom is 0.226 e. The molecule has 1 amide bonds. The molecule has 3 nitrogen and oxygen atoms in total. The van der Waals surface area contributed by atoms with Crippen LogP contribution < -0.4 is 4.90 Å². The molecule has 0 aliphatic rings. The predicted molar refractivity (Wildman–Crippen MR) is 93.8 cm³/mol. The number of nitrogens with zero attached hydrogens (tertiary/aromatic N) is 1. The van der Waals surface area contributed by atoms with Gasteiger partial charge in [0, 0.05) is 30.6 Å². The Balaban J connectivity index is 1.89. The first kappa shape index (κ1) is 17.9. The summed E-state index contributed by atoms with van der Waals surface area (Å²) in [6.07, 6.45) is 1.08. The van der Waals surface area contributed by atoms with Crippen molar-refractivity contribution in [3.63, 3.8) is 0 Å². The van der Waals surface area contributed by atoms with Crippen LogP contribution in [0, 0.1) is 12.7 Å². The summed E-state index contributed by atoms with van der Waals surface area (Å²) in [4.78, 5) is 26.2. The predicted octanol–water partition coefficient (Wildman–Crippen LogP) is 4.54. The molecule has 0 saturated carbocycles. The van der Waals surface area contributed by atoms with E-state index in [9.17, 15) is 14.0 Å². The molecule has 24 heavy (non-hydrogen) atoms. The minimum Gasteiger partial charge on any atom is -0.313 e. The molecule has 2 rings (SSSR count). The Morgan fingerprint density at radius 1 is 1.04 bits per heavy atom. The monoisotopic (exact) mass is 327 g/mol. The van der Waals surface area contributed by atoms with Gasteiger partial charge in [-0.1, -0.05) is 12.1 Å². The van der Waals surface area contributed by atoms with Gasteiger partial charge in [-0.05, 0) is 62.2 Å². The number of aryl methyl sites for hydroxylation is 1. The molecule has 0 aromatic heterocycles. The van der Waals surface area contributed by atoms with E-state index in [1.165, 1.54) is 24.3 Å². The Bertz CT molecular complexity index is 710. The molecule has 126 valence electrons. The number of anilines is 1. The topological polar surface area (TPSA) is 37.4 Å². The standard InChI is InChI=1S/C20H22FNO2/c1-3-22(18-7-4-6-15(2)14-18)20(24)9-5-8-19(23)16-10-12-17(21)13-11-16/h4,6-7,10-14H,3,5,8-9H2,1-2H3. The van der Waals surface area contributed by atoms with Crippen LogP contribution in [0.2, 0.25) is 0 Å². The maximum absolute atomic E-state index is 12.9. The van der Waals surface area contributed by atoms with E-state index >= 15 is 0 Å². The lowest BCUT2D eigenvalue weighted by Gasteiger charge is -2.21. The summed E-state index contributed by atoms with van der Waals surface area (Å²) < 4.78 is 12.9. The fourth-order valence-electron chi connectivity index (χ4n) is 2.61. The van der Waals surface area contributed by atoms with Crippen molar-refractivity contribution in [1.29, 1.82) is 0 Å². The van der Waals surface area contributed by atoms with E-state index in [4.69, 9.17) is 0 Å². The van der Waals surface area contributed by atoms with Crippen molar-refractivity contribution in [2.75, 3.05) is 11.4 Å². The van der Waals surface area contributed by atoms with Crippen LogP contribution in [0.25, 0.3) is 0 Å². The van der Waals surface area contributed by atoms with E-state index in [0.717, 1.165) is 11.3 Å². The van der Waals surface area contributed by atoms with Crippen molar-refractivity contribution in [3.8, 4) is 0 Å². The van der Waals surface area contributed by atoms with Crippen molar-refractivity contribution in [3.05, 3.63) is 65.5 Å². The number of carbonyl (C=O) groups excluding carboxylic acids is 2. The van der Waals surface area contributed by atoms with Crippen molar-refractivity contribution in [1.82, 2.24) is 0 Å². The number of rotatable bonds is 7. The molecule has 0 aliphatic heterocycles. The molecule has 0 spiro atoms. The van der Waals surface area contributed by atoms with Crippen LogP contribution in [-0.2, 0) is 4.79 Å². The Labute approximate surface area is 142 Å². The Morgan fingerprint density at radius 3 is 2.38 bits per heavy atom. The summed E-state index contributed by atoms with van der Waals surface area (Å²) in [5.41, 5.74) is 2.47. The molecule has 0 atom stereocenters. The fourth-order valence-corrected chi connectivity index (χ4v) is 2.61. The van der Waals surface area contributed by atoms with Gasteiger partial charge in [0.15, 0.2) is 5.78 Å². The molecule has 0 saturated heterocycles. The molecule has 2 aromatic carbocycles. The van der Waals surface area contributed by atoms with E-state index in [0.29, 0.717) is 24.9 Å². The summed E-state index contributed by atoms with van der Waals surface area (Å²) in [6.45, 7) is 4.52. The van der Waals surface area contributed by atoms with Crippen molar-refractivity contribution in [2.24, 2.45) is 0 Å². The number of halogens is 1. The molecule has 0 N–H and O–H groups in total. The number of hydrogen-bond acceptors (Lipinski definition) is 2. The summed E-state index contributed by atoms with van der Waals surface area (Å²) in [6, 6.07) is 13.3. The molecule has 0 aliphatic carbocycles. The first-order valence-electron chi connectivity index (χ1n) is 8.17. The van der Waals surface area contributed by atoms with Gasteiger partial charge in [-0.15, -0.1) is 0 Å². The lowest BCUT2D eigenvalue weighted by Crippen LogP contribution is -2.30. The summed E-state index contributed by atoms with van der Waals surface area (Å²) >= 11 is 0. The molecule has 4 heteroatoms. The zero-order chi connectivity index (χ0) is 17.5. The fraction of sp³-hybridized carbons (Fsp3) is 0.300. The van der Waals surface area contributed by atoms with Crippen LogP contribution in [0.3, 0.4) is 0 Å². The third-order valence-electron chi connectivity index (χ3n) is 3.89. The molecule has 0 radical (unpaired) electrons. The highest BCUT2D eigenvalue weighted by atomic mass is 19.1. The van der Waals surface area contributed by atoms with Crippen LogP contribution in [0.4, 0.5) is 10.1 Å². The van der Waals surface area contributed by atoms with E-state index in [1.54, 1.807) is 4.90 Å². The molecule has 0 bridgehead atoms. The second-order valence-corrected chi connectivity index (χ2v) is 5.76. The highest BCUT2D eigenvalue weighted by Gasteiger charge is 2.15. The Hall–Kier alpha value is -2.49. The smallest absolute Gasteiger partial charge is 0.226 e. The van der Waals surface area contributed by atoms with Crippen molar-refractivity contribution < 1.29 is 14.0 Å². The van der Waals surface area contributed by atoms with E-state index in [-0.39, 0.29) is 23.9 Å². The Kier molecular flexibility index (Phi) is 6.24. The van der Waals surface area contributed by atoms with Gasteiger partial charge in [-0.3, -0.25) is 9.59 Å². The van der Waals surface area contributed by atoms with E-state index < -0.39 is 0 Å². The van der Waals surface area contributed by atoms with Gasteiger partial charge in [0.25, 0.3) is 0 Å². The van der Waals surface area contributed by atoms with Gasteiger partial charge >= 0.3 is 0 Å². The first-order chi connectivity index (χ1) is 11.5. The molecule has 0 heterocycles. The number of ketones is 1. The van der Waals surface area contributed by atoms with Crippen LogP contribution in [0.15, 0.2) is 48.5 Å². The molecule has 2 aromatic rings. The molecule has 0 unspecified atom stereocenters. The van der Waals surface area contributed by atoms with Crippen LogP contribution >= 0.6 is 0 Å². The van der Waals surface area contributed by atoms with Gasteiger partial charge in [0.05, 0.1) is 0 Å². The maximum atomic E-state index is 12.9. The van der Waals surface area contributed by atoms with Crippen LogP contribution in [-0.4, -0.2) is 18.2 Å². The normalized spacial score (nSPS) is 10.5. The minimum absolute atomic E-state index is 0.00926. The summed E-state index contributed by atoms with van der Waals surface area (Å²) in [5, 5.41) is 0. The summed E-state index contributed by atoms with van der Waals surface area (Å²) in [5.74, 6) is -0.421. The van der Waals surface area contributed by atoms with Crippen LogP contribution in [0.5, 0.6) is 0 Å². The summed E-state index contributed by atoms with van der Waals surface area (Å²) in [7, 11) is 0. The minimum atomic E-state index is -0.363. The van der Waals surface area contributed by atoms with Crippen LogP contribution in [0.1, 0.15) is 42.1 Å². The highest BCUT2D eigenvalue weighted by Crippen LogP contribution is 2.18. The van der Waals surface area contributed by atoms with Gasteiger partial charge in [0.1, 0.15) is 5.82 Å². The second-order valence-electron chi connectivity index (χ2n) is 5.76. The lowest BCUT2D eigenvalue weighted by molar-refractivity contribution is -0.118. The third-order valence-corrected chi connectivity index (χ3v) is 3.89. The van der Waals surface area contributed by atoms with E-state index in [1.807, 2.05) is 38.1 Å². The zero-order valence-electron chi connectivity index (χ0n) is 14.1. The lowest BCUT2D eigenvalue weighted by atomic mass is 10.0. The Morgan fingerprint density at radius 2 is 1.75 bits per heavy atom. The van der Waals surface area contributed by atoms with Gasteiger partial charge in [0.2, 0.25) is 5.91 Å². The van der Waals surface area contributed by atoms with Gasteiger partial charge < -0.3 is 4.90 Å². The first-order valence-corrected chi connectivity index (χ1v) is 8.17. The quantitative estimate of drug-likeness (QED) is 0.700. The van der Waals surface area contributed by atoms with Gasteiger partial charge in [-0.25, -0.2) is 4.39 Å². The van der Waals surface area contributed by atoms with E-state index in [2.05, 4.69) is 0 Å². The second kappa shape index (κ2) is 8.39. The molecular weight excluding hydrogens is 305 g/mol. The highest BCUT2D eigenvalue weighted by molar-refractivity contribution is 5.97. The average Bonchev–Trinajstić information content (AvgIpc) is 2.56. The number of carbonyl (C=O) groups is 2. The number of benzene rings is 2. The van der Waals surface area contributed by atoms with Crippen molar-refractivity contribution >= 4 is 17.4 Å².